The Kier molecular flexibility index (Phi) is 4.65. The number of anilines is 1. The Morgan fingerprint density at radius 1 is 1.29 bits per heavy atom. The zero-order valence-corrected chi connectivity index (χ0v) is 12.0. The molecule has 0 aliphatic rings. The number of esters is 1. The highest BCUT2D eigenvalue weighted by atomic mass is 35.5. The highest BCUT2D eigenvalue weighted by Gasteiger charge is 2.11. The first-order valence-electron chi connectivity index (χ1n) is 6.20. The lowest BCUT2D eigenvalue weighted by Gasteiger charge is -2.10. The lowest BCUT2D eigenvalue weighted by Crippen LogP contribution is -2.05. The van der Waals surface area contributed by atoms with Crippen LogP contribution < -0.4 is 10.5 Å². The van der Waals surface area contributed by atoms with Gasteiger partial charge in [0, 0.05) is 6.07 Å². The number of nitrogen functional groups attached to an aromatic ring is 1. The third-order valence-corrected chi connectivity index (χ3v) is 2.93. The van der Waals surface area contributed by atoms with Crippen molar-refractivity contribution in [2.45, 2.75) is 6.92 Å². The van der Waals surface area contributed by atoms with Gasteiger partial charge in [-0.1, -0.05) is 11.6 Å². The van der Waals surface area contributed by atoms with E-state index in [1.807, 2.05) is 0 Å². The van der Waals surface area contributed by atoms with Crippen LogP contribution in [0.3, 0.4) is 0 Å². The monoisotopic (exact) mass is 309 g/mol. The molecule has 0 bridgehead atoms. The van der Waals surface area contributed by atoms with Crippen LogP contribution in [0.25, 0.3) is 0 Å². The molecule has 0 unspecified atom stereocenters. The van der Waals surface area contributed by atoms with Gasteiger partial charge in [-0.3, -0.25) is 0 Å². The Morgan fingerprint density at radius 3 is 2.67 bits per heavy atom. The summed E-state index contributed by atoms with van der Waals surface area (Å²) in [7, 11) is 0. The molecule has 0 fully saturated rings. The summed E-state index contributed by atoms with van der Waals surface area (Å²) in [6, 6.07) is 8.50. The van der Waals surface area contributed by atoms with Gasteiger partial charge >= 0.3 is 5.97 Å². The van der Waals surface area contributed by atoms with Gasteiger partial charge in [-0.25, -0.2) is 9.18 Å². The van der Waals surface area contributed by atoms with Crippen LogP contribution in [0.5, 0.6) is 11.5 Å². The van der Waals surface area contributed by atoms with E-state index in [1.165, 1.54) is 30.3 Å². The number of benzene rings is 2. The maximum atomic E-state index is 13.1. The second kappa shape index (κ2) is 6.45. The molecule has 2 aromatic rings. The van der Waals surface area contributed by atoms with Crippen LogP contribution in [0, 0.1) is 5.82 Å². The van der Waals surface area contributed by atoms with E-state index in [0.29, 0.717) is 17.1 Å². The number of halogens is 2. The minimum Gasteiger partial charge on any atom is -0.462 e. The van der Waals surface area contributed by atoms with E-state index in [-0.39, 0.29) is 17.3 Å². The quantitative estimate of drug-likeness (QED) is 0.684. The number of ether oxygens (including phenoxy) is 2. The molecule has 0 aliphatic heterocycles. The topological polar surface area (TPSA) is 61.5 Å². The normalized spacial score (nSPS) is 10.2. The molecule has 0 heterocycles. The second-order valence-electron chi connectivity index (χ2n) is 4.15. The van der Waals surface area contributed by atoms with Crippen molar-refractivity contribution in [2.75, 3.05) is 12.3 Å². The fourth-order valence-electron chi connectivity index (χ4n) is 1.65. The molecule has 0 aromatic heterocycles. The lowest BCUT2D eigenvalue weighted by molar-refractivity contribution is 0.0526. The number of hydrogen-bond acceptors (Lipinski definition) is 4. The summed E-state index contributed by atoms with van der Waals surface area (Å²) in [4.78, 5) is 11.6. The Balaban J connectivity index is 2.21. The molecule has 0 radical (unpaired) electrons. The third-order valence-electron chi connectivity index (χ3n) is 2.64. The fraction of sp³-hybridized carbons (Fsp3) is 0.133. The minimum atomic E-state index is -0.533. The molecule has 2 rings (SSSR count). The van der Waals surface area contributed by atoms with Crippen LogP contribution in [-0.4, -0.2) is 12.6 Å². The molecular formula is C15H13ClFNO3. The van der Waals surface area contributed by atoms with Gasteiger partial charge in [-0.05, 0) is 37.3 Å². The molecule has 0 spiro atoms. The predicted molar refractivity (Wildman–Crippen MR) is 78.3 cm³/mol. The molecule has 0 saturated carbocycles. The number of nitrogens with two attached hydrogens (primary N) is 1. The van der Waals surface area contributed by atoms with Crippen molar-refractivity contribution in [2.24, 2.45) is 0 Å². The zero-order valence-electron chi connectivity index (χ0n) is 11.2. The van der Waals surface area contributed by atoms with Crippen molar-refractivity contribution in [1.29, 1.82) is 0 Å². The Labute approximate surface area is 126 Å². The molecule has 2 N–H and O–H groups in total. The van der Waals surface area contributed by atoms with Crippen molar-refractivity contribution >= 4 is 23.3 Å². The molecule has 6 heteroatoms. The summed E-state index contributed by atoms with van der Waals surface area (Å²) >= 11 is 5.67. The summed E-state index contributed by atoms with van der Waals surface area (Å²) in [6.07, 6.45) is 0. The maximum Gasteiger partial charge on any atom is 0.338 e. The summed E-state index contributed by atoms with van der Waals surface area (Å²) in [6.45, 7) is 2.00. The highest BCUT2D eigenvalue weighted by Crippen LogP contribution is 2.30. The molecule has 0 amide bonds. The summed E-state index contributed by atoms with van der Waals surface area (Å²) in [5.74, 6) is -0.307. The second-order valence-corrected chi connectivity index (χ2v) is 4.56. The van der Waals surface area contributed by atoms with E-state index in [9.17, 15) is 9.18 Å². The van der Waals surface area contributed by atoms with Crippen LogP contribution in [0.15, 0.2) is 36.4 Å². The van der Waals surface area contributed by atoms with Crippen molar-refractivity contribution < 1.29 is 18.7 Å². The number of rotatable bonds is 4. The van der Waals surface area contributed by atoms with Crippen LogP contribution in [0.4, 0.5) is 10.1 Å². The van der Waals surface area contributed by atoms with E-state index < -0.39 is 11.8 Å². The smallest absolute Gasteiger partial charge is 0.338 e. The maximum absolute atomic E-state index is 13.1. The zero-order chi connectivity index (χ0) is 15.4. The molecule has 0 saturated heterocycles. The van der Waals surface area contributed by atoms with Gasteiger partial charge < -0.3 is 15.2 Å². The van der Waals surface area contributed by atoms with E-state index in [4.69, 9.17) is 26.8 Å². The fourth-order valence-corrected chi connectivity index (χ4v) is 1.82. The van der Waals surface area contributed by atoms with Gasteiger partial charge in [0.05, 0.1) is 22.9 Å². The number of carbonyl (C=O) groups excluding carboxylic acids is 1. The summed E-state index contributed by atoms with van der Waals surface area (Å²) in [5, 5.41) is -0.0470. The van der Waals surface area contributed by atoms with Crippen LogP contribution >= 0.6 is 11.6 Å². The summed E-state index contributed by atoms with van der Waals surface area (Å²) in [5.41, 5.74) is 6.43. The van der Waals surface area contributed by atoms with Gasteiger partial charge in [0.15, 0.2) is 0 Å². The largest absolute Gasteiger partial charge is 0.462 e. The Bertz CT molecular complexity index is 676. The average molecular weight is 310 g/mol. The SMILES string of the molecule is CCOC(=O)c1ccc(Oc2ccc(F)c(Cl)c2)c(N)c1. The molecule has 21 heavy (non-hydrogen) atoms. The molecule has 2 aromatic carbocycles. The van der Waals surface area contributed by atoms with Crippen molar-refractivity contribution in [3.8, 4) is 11.5 Å². The Hall–Kier alpha value is -2.27. The third kappa shape index (κ3) is 3.64. The van der Waals surface area contributed by atoms with Crippen LogP contribution in [-0.2, 0) is 4.74 Å². The van der Waals surface area contributed by atoms with Crippen LogP contribution in [0.1, 0.15) is 17.3 Å². The lowest BCUT2D eigenvalue weighted by atomic mass is 10.2. The molecule has 110 valence electrons. The van der Waals surface area contributed by atoms with Gasteiger partial charge in [0.2, 0.25) is 0 Å². The standard InChI is InChI=1S/C15H13ClFNO3/c1-2-20-15(19)9-3-6-14(13(18)7-9)21-10-4-5-12(17)11(16)8-10/h3-8H,2,18H2,1H3. The molecule has 0 atom stereocenters. The van der Waals surface area contributed by atoms with Gasteiger partial charge in [0.25, 0.3) is 0 Å². The van der Waals surface area contributed by atoms with Gasteiger partial charge in [-0.15, -0.1) is 0 Å². The van der Waals surface area contributed by atoms with Crippen molar-refractivity contribution in [3.63, 3.8) is 0 Å². The first-order chi connectivity index (χ1) is 10.0. The molecule has 0 aliphatic carbocycles. The Morgan fingerprint density at radius 2 is 2.05 bits per heavy atom. The average Bonchev–Trinajstić information content (AvgIpc) is 2.45. The molecular weight excluding hydrogens is 297 g/mol. The first-order valence-corrected chi connectivity index (χ1v) is 6.58. The summed E-state index contributed by atoms with van der Waals surface area (Å²) < 4.78 is 23.5. The van der Waals surface area contributed by atoms with E-state index in [0.717, 1.165) is 0 Å². The van der Waals surface area contributed by atoms with E-state index >= 15 is 0 Å². The van der Waals surface area contributed by atoms with E-state index in [2.05, 4.69) is 0 Å². The highest BCUT2D eigenvalue weighted by molar-refractivity contribution is 6.30. The van der Waals surface area contributed by atoms with Gasteiger partial charge in [-0.2, -0.15) is 0 Å². The van der Waals surface area contributed by atoms with Crippen LogP contribution in [0.2, 0.25) is 5.02 Å². The number of carbonyl (C=O) groups is 1. The van der Waals surface area contributed by atoms with Gasteiger partial charge in [0.1, 0.15) is 17.3 Å². The minimum absolute atomic E-state index is 0.0470. The molecule has 4 nitrogen and oxygen atoms in total. The predicted octanol–water partition coefficient (Wildman–Crippen LogP) is 4.03. The number of hydrogen-bond donors (Lipinski definition) is 1. The van der Waals surface area contributed by atoms with E-state index in [1.54, 1.807) is 13.0 Å². The van der Waals surface area contributed by atoms with Crippen molar-refractivity contribution in [3.05, 3.63) is 52.8 Å². The van der Waals surface area contributed by atoms with Crippen molar-refractivity contribution in [1.82, 2.24) is 0 Å². The first kappa shape index (κ1) is 15.1.